The van der Waals surface area contributed by atoms with E-state index in [1.54, 1.807) is 6.07 Å². The van der Waals surface area contributed by atoms with E-state index in [9.17, 15) is 14.9 Å². The Balaban J connectivity index is 1.91. The minimum absolute atomic E-state index is 0.0891. The molecule has 0 saturated carbocycles. The zero-order chi connectivity index (χ0) is 19.6. The molecule has 1 aromatic carbocycles. The summed E-state index contributed by atoms with van der Waals surface area (Å²) >= 11 is 8.03. The van der Waals surface area contributed by atoms with Gasteiger partial charge in [0, 0.05) is 23.0 Å². The van der Waals surface area contributed by atoms with Gasteiger partial charge < -0.3 is 9.88 Å². The first-order valence-electron chi connectivity index (χ1n) is 8.31. The van der Waals surface area contributed by atoms with Crippen LogP contribution in [0.15, 0.2) is 35.7 Å². The average Bonchev–Trinajstić information content (AvgIpc) is 3.23. The normalized spacial score (nSPS) is 12.1. The Labute approximate surface area is 169 Å². The van der Waals surface area contributed by atoms with Crippen LogP contribution >= 0.6 is 34.9 Å². The van der Waals surface area contributed by atoms with Crippen molar-refractivity contribution < 1.29 is 9.59 Å². The van der Waals surface area contributed by atoms with Gasteiger partial charge >= 0.3 is 0 Å². The predicted molar refractivity (Wildman–Crippen MR) is 112 cm³/mol. The van der Waals surface area contributed by atoms with Gasteiger partial charge in [-0.3, -0.25) is 9.59 Å². The van der Waals surface area contributed by atoms with Crippen molar-refractivity contribution in [3.05, 3.63) is 44.5 Å². The summed E-state index contributed by atoms with van der Waals surface area (Å²) in [5.41, 5.74) is 1.55. The summed E-state index contributed by atoms with van der Waals surface area (Å²) in [5.74, 6) is -2.20. The molecule has 1 N–H and O–H groups in total. The molecule has 0 aliphatic heterocycles. The fraction of sp³-hybridized carbons (Fsp3) is 0.263. The number of hydrogen-bond donors (Lipinski definition) is 1. The second-order valence-electron chi connectivity index (χ2n) is 6.28. The maximum atomic E-state index is 13.1. The van der Waals surface area contributed by atoms with Gasteiger partial charge in [-0.2, -0.15) is 5.26 Å². The van der Waals surface area contributed by atoms with E-state index >= 15 is 0 Å². The number of thiazole rings is 1. The maximum Gasteiger partial charge on any atom is 0.252 e. The van der Waals surface area contributed by atoms with Crippen molar-refractivity contribution in [3.8, 4) is 6.07 Å². The van der Waals surface area contributed by atoms with Crippen LogP contribution in [0, 0.1) is 21.2 Å². The number of rotatable bonds is 6. The SMILES string of the molecule is CC(C)N(C(=O)C(C#N)C(=O)Cc1cccs1)c1ccc2[nH]c(=S)sc2c1. The number of hydrogen-bond acceptors (Lipinski definition) is 6. The Morgan fingerprint density at radius 2 is 2.11 bits per heavy atom. The van der Waals surface area contributed by atoms with Crippen LogP contribution in [-0.4, -0.2) is 22.7 Å². The van der Waals surface area contributed by atoms with E-state index in [0.29, 0.717) is 9.64 Å². The number of aromatic amines is 1. The van der Waals surface area contributed by atoms with Crippen LogP contribution in [0.2, 0.25) is 0 Å². The van der Waals surface area contributed by atoms with Gasteiger partial charge in [-0.1, -0.05) is 6.07 Å². The first kappa shape index (κ1) is 19.4. The highest BCUT2D eigenvalue weighted by molar-refractivity contribution is 7.73. The molecule has 0 spiro atoms. The van der Waals surface area contributed by atoms with Crippen LogP contribution in [0.4, 0.5) is 5.69 Å². The molecular weight excluding hydrogens is 398 g/mol. The molecule has 8 heteroatoms. The van der Waals surface area contributed by atoms with Crippen molar-refractivity contribution in [1.82, 2.24) is 4.98 Å². The first-order chi connectivity index (χ1) is 12.9. The lowest BCUT2D eigenvalue weighted by Crippen LogP contribution is -2.43. The number of thiophene rings is 1. The molecule has 0 fully saturated rings. The second-order valence-corrected chi connectivity index (χ2v) is 9.03. The van der Waals surface area contributed by atoms with Gasteiger partial charge in [-0.05, 0) is 55.7 Å². The monoisotopic (exact) mass is 415 g/mol. The molecular formula is C19H17N3O2S3. The van der Waals surface area contributed by atoms with Gasteiger partial charge in [0.25, 0.3) is 5.91 Å². The number of aromatic nitrogens is 1. The smallest absolute Gasteiger partial charge is 0.252 e. The highest BCUT2D eigenvalue weighted by Crippen LogP contribution is 2.28. The number of H-pyrrole nitrogens is 1. The van der Waals surface area contributed by atoms with E-state index in [4.69, 9.17) is 12.2 Å². The average molecular weight is 416 g/mol. The summed E-state index contributed by atoms with van der Waals surface area (Å²) < 4.78 is 1.58. The number of carbonyl (C=O) groups excluding carboxylic acids is 2. The standard InChI is InChI=1S/C19H17N3O2S3/c1-11(2)22(12-5-6-15-17(8-12)27-19(25)21-15)18(24)14(10-20)16(23)9-13-4-3-7-26-13/h3-8,11,14H,9H2,1-2H3,(H,21,25). The third kappa shape index (κ3) is 4.16. The van der Waals surface area contributed by atoms with Gasteiger partial charge in [0.15, 0.2) is 15.7 Å². The van der Waals surface area contributed by atoms with Crippen molar-refractivity contribution >= 4 is 62.5 Å². The zero-order valence-corrected chi connectivity index (χ0v) is 17.2. The number of anilines is 1. The molecule has 0 radical (unpaired) electrons. The van der Waals surface area contributed by atoms with Crippen LogP contribution in [-0.2, 0) is 16.0 Å². The van der Waals surface area contributed by atoms with E-state index in [1.807, 2.05) is 49.6 Å². The molecule has 1 atom stereocenters. The van der Waals surface area contributed by atoms with Crippen molar-refractivity contribution in [2.24, 2.45) is 5.92 Å². The Hall–Kier alpha value is -2.34. The quantitative estimate of drug-likeness (QED) is 0.467. The minimum Gasteiger partial charge on any atom is -0.337 e. The van der Waals surface area contributed by atoms with Crippen LogP contribution < -0.4 is 4.90 Å². The fourth-order valence-electron chi connectivity index (χ4n) is 2.85. The molecule has 3 aromatic rings. The minimum atomic E-state index is -1.32. The number of Topliss-reactive ketones (excluding diaryl/α,β-unsaturated/α-hetero) is 1. The molecule has 1 unspecified atom stereocenters. The van der Waals surface area contributed by atoms with Crippen molar-refractivity contribution in [2.45, 2.75) is 26.3 Å². The lowest BCUT2D eigenvalue weighted by Gasteiger charge is -2.28. The molecule has 0 bridgehead atoms. The first-order valence-corrected chi connectivity index (χ1v) is 10.4. The van der Waals surface area contributed by atoms with Crippen LogP contribution in [0.25, 0.3) is 10.2 Å². The maximum absolute atomic E-state index is 13.1. The van der Waals surface area contributed by atoms with E-state index in [-0.39, 0.29) is 18.2 Å². The van der Waals surface area contributed by atoms with E-state index in [2.05, 4.69) is 4.98 Å². The van der Waals surface area contributed by atoms with Crippen molar-refractivity contribution in [3.63, 3.8) is 0 Å². The summed E-state index contributed by atoms with van der Waals surface area (Å²) in [4.78, 5) is 31.1. The number of benzene rings is 1. The van der Waals surface area contributed by atoms with E-state index < -0.39 is 11.8 Å². The molecule has 0 aliphatic rings. The van der Waals surface area contributed by atoms with Crippen LogP contribution in [0.3, 0.4) is 0 Å². The number of nitriles is 1. The Bertz CT molecular complexity index is 1070. The van der Waals surface area contributed by atoms with Gasteiger partial charge in [0.1, 0.15) is 0 Å². The molecule has 3 rings (SSSR count). The number of amides is 1. The largest absolute Gasteiger partial charge is 0.337 e. The molecule has 1 amide bonds. The molecule has 0 aliphatic carbocycles. The number of carbonyl (C=O) groups is 2. The lowest BCUT2D eigenvalue weighted by molar-refractivity contribution is -0.130. The molecule has 27 heavy (non-hydrogen) atoms. The highest BCUT2D eigenvalue weighted by Gasteiger charge is 2.33. The number of nitrogens with zero attached hydrogens (tertiary/aromatic N) is 2. The molecule has 0 saturated heterocycles. The topological polar surface area (TPSA) is 77.0 Å². The number of ketones is 1. The van der Waals surface area contributed by atoms with E-state index in [0.717, 1.165) is 15.1 Å². The Kier molecular flexibility index (Phi) is 5.85. The zero-order valence-electron chi connectivity index (χ0n) is 14.8. The van der Waals surface area contributed by atoms with Crippen LogP contribution in [0.5, 0.6) is 0 Å². The second kappa shape index (κ2) is 8.13. The van der Waals surface area contributed by atoms with Gasteiger partial charge in [-0.15, -0.1) is 22.7 Å². The molecule has 2 heterocycles. The summed E-state index contributed by atoms with van der Waals surface area (Å²) in [5, 5.41) is 11.4. The summed E-state index contributed by atoms with van der Waals surface area (Å²) in [6, 6.07) is 10.9. The molecule has 138 valence electrons. The molecule has 2 aromatic heterocycles. The van der Waals surface area contributed by atoms with Gasteiger partial charge in [0.2, 0.25) is 0 Å². The summed E-state index contributed by atoms with van der Waals surface area (Å²) in [6.07, 6.45) is 0.0891. The van der Waals surface area contributed by atoms with Gasteiger partial charge in [0.05, 0.1) is 16.3 Å². The predicted octanol–water partition coefficient (Wildman–Crippen LogP) is 4.71. The van der Waals surface area contributed by atoms with Crippen molar-refractivity contribution in [1.29, 1.82) is 5.26 Å². The number of nitrogens with one attached hydrogen (secondary N) is 1. The highest BCUT2D eigenvalue weighted by atomic mass is 32.1. The van der Waals surface area contributed by atoms with Crippen LogP contribution in [0.1, 0.15) is 18.7 Å². The van der Waals surface area contributed by atoms with Crippen molar-refractivity contribution in [2.75, 3.05) is 4.90 Å². The lowest BCUT2D eigenvalue weighted by atomic mass is 9.99. The fourth-order valence-corrected chi connectivity index (χ4v) is 4.72. The molecule has 5 nitrogen and oxygen atoms in total. The summed E-state index contributed by atoms with van der Waals surface area (Å²) in [6.45, 7) is 3.72. The Morgan fingerprint density at radius 3 is 2.74 bits per heavy atom. The Morgan fingerprint density at radius 1 is 1.33 bits per heavy atom. The third-order valence-corrected chi connectivity index (χ3v) is 6.14. The van der Waals surface area contributed by atoms with Gasteiger partial charge in [-0.25, -0.2) is 0 Å². The van der Waals surface area contributed by atoms with E-state index in [1.165, 1.54) is 27.6 Å². The summed E-state index contributed by atoms with van der Waals surface area (Å²) in [7, 11) is 0. The third-order valence-electron chi connectivity index (χ3n) is 4.06. The number of fused-ring (bicyclic) bond motifs is 1.